The lowest BCUT2D eigenvalue weighted by Gasteiger charge is -2.12. The number of benzene rings is 1. The molecule has 0 aromatic heterocycles. The second-order valence-corrected chi connectivity index (χ2v) is 6.89. The van der Waals surface area contributed by atoms with Crippen molar-refractivity contribution in [1.29, 1.82) is 0 Å². The van der Waals surface area contributed by atoms with Crippen LogP contribution in [0, 0.1) is 6.92 Å². The van der Waals surface area contributed by atoms with Crippen molar-refractivity contribution in [3.8, 4) is 0 Å². The maximum absolute atomic E-state index is 11.3. The molecule has 1 aliphatic rings. The number of esters is 1. The van der Waals surface area contributed by atoms with Crippen molar-refractivity contribution in [3.05, 3.63) is 57.9 Å². The van der Waals surface area contributed by atoms with Crippen LogP contribution in [0.4, 0.5) is 0 Å². The molecule has 1 heterocycles. The highest BCUT2D eigenvalue weighted by atomic mass is 32.2. The van der Waals surface area contributed by atoms with Crippen LogP contribution in [-0.4, -0.2) is 12.6 Å². The first-order valence-corrected chi connectivity index (χ1v) is 7.79. The van der Waals surface area contributed by atoms with Crippen LogP contribution in [0.5, 0.6) is 0 Å². The fourth-order valence-corrected chi connectivity index (χ4v) is 4.34. The Balaban J connectivity index is 1.91. The molecule has 1 aliphatic heterocycles. The summed E-state index contributed by atoms with van der Waals surface area (Å²) in [6.45, 7) is 7.68. The van der Waals surface area contributed by atoms with Crippen LogP contribution in [0.3, 0.4) is 0 Å². The molecule has 2 rings (SSSR count). The minimum atomic E-state index is -0.328. The number of aryl methyl sites for hydroxylation is 1. The molecule has 4 heteroatoms. The van der Waals surface area contributed by atoms with Gasteiger partial charge in [0.1, 0.15) is 6.61 Å². The predicted molar refractivity (Wildman–Crippen MR) is 83.0 cm³/mol. The van der Waals surface area contributed by atoms with Crippen molar-refractivity contribution >= 4 is 29.5 Å². The van der Waals surface area contributed by atoms with E-state index in [0.29, 0.717) is 16.8 Å². The van der Waals surface area contributed by atoms with E-state index < -0.39 is 0 Å². The monoisotopic (exact) mass is 292 g/mol. The Morgan fingerprint density at radius 1 is 1.42 bits per heavy atom. The number of thioether (sulfide) groups is 2. The van der Waals surface area contributed by atoms with Crippen LogP contribution in [0.15, 0.2) is 46.7 Å². The zero-order valence-corrected chi connectivity index (χ0v) is 12.6. The maximum atomic E-state index is 11.3. The van der Waals surface area contributed by atoms with E-state index in [9.17, 15) is 4.79 Å². The van der Waals surface area contributed by atoms with Gasteiger partial charge in [-0.25, -0.2) is 4.79 Å². The topological polar surface area (TPSA) is 26.3 Å². The Bertz CT molecular complexity index is 535. The largest absolute Gasteiger partial charge is 0.457 e. The quantitative estimate of drug-likeness (QED) is 0.605. The number of carbonyl (C=O) groups excluding carboxylic acids is 1. The van der Waals surface area contributed by atoms with Crippen LogP contribution < -0.4 is 0 Å². The zero-order valence-electron chi connectivity index (χ0n) is 11.0. The Morgan fingerprint density at radius 3 is 2.84 bits per heavy atom. The predicted octanol–water partition coefficient (Wildman–Crippen LogP) is 4.43. The number of carbonyl (C=O) groups is 1. The van der Waals surface area contributed by atoms with Crippen molar-refractivity contribution in [1.82, 2.24) is 0 Å². The van der Waals surface area contributed by atoms with Gasteiger partial charge in [-0.1, -0.05) is 30.8 Å². The average Bonchev–Trinajstić information content (AvgIpc) is 2.85. The smallest absolute Gasteiger partial charge is 0.333 e. The summed E-state index contributed by atoms with van der Waals surface area (Å²) in [5, 5.41) is 2.08. The van der Waals surface area contributed by atoms with E-state index in [4.69, 9.17) is 4.74 Å². The van der Waals surface area contributed by atoms with Crippen LogP contribution in [0.2, 0.25) is 0 Å². The number of ether oxygens (including phenoxy) is 1. The normalized spacial score (nSPS) is 18.0. The van der Waals surface area contributed by atoms with Gasteiger partial charge in [0.05, 0.1) is 4.58 Å². The van der Waals surface area contributed by atoms with E-state index in [0.717, 1.165) is 4.91 Å². The van der Waals surface area contributed by atoms with E-state index in [1.807, 2.05) is 6.07 Å². The van der Waals surface area contributed by atoms with Crippen molar-refractivity contribution in [2.75, 3.05) is 6.61 Å². The highest BCUT2D eigenvalue weighted by Gasteiger charge is 2.22. The minimum absolute atomic E-state index is 0.328. The van der Waals surface area contributed by atoms with Crippen LogP contribution in [-0.2, 0) is 9.53 Å². The third-order valence-corrected chi connectivity index (χ3v) is 5.42. The molecule has 1 atom stereocenters. The van der Waals surface area contributed by atoms with Gasteiger partial charge in [0.2, 0.25) is 0 Å². The third kappa shape index (κ3) is 3.67. The SMILES string of the molecule is C=C(C)C(=O)OCC1=CSC(c2ccccc2C)S1. The van der Waals surface area contributed by atoms with Gasteiger partial charge in [0.15, 0.2) is 0 Å². The fourth-order valence-electron chi connectivity index (χ4n) is 1.65. The lowest BCUT2D eigenvalue weighted by Crippen LogP contribution is -2.06. The number of rotatable bonds is 4. The molecule has 2 nitrogen and oxygen atoms in total. The molecule has 1 aromatic rings. The number of hydrogen-bond acceptors (Lipinski definition) is 4. The summed E-state index contributed by atoms with van der Waals surface area (Å²) >= 11 is 3.51. The van der Waals surface area contributed by atoms with Gasteiger partial charge in [-0.2, -0.15) is 0 Å². The summed E-state index contributed by atoms with van der Waals surface area (Å²) in [4.78, 5) is 12.4. The van der Waals surface area contributed by atoms with Gasteiger partial charge in [0.25, 0.3) is 0 Å². The molecule has 0 aliphatic carbocycles. The summed E-state index contributed by atoms with van der Waals surface area (Å²) in [7, 11) is 0. The Labute approximate surface area is 122 Å². The van der Waals surface area contributed by atoms with Gasteiger partial charge in [-0.15, -0.1) is 23.5 Å². The number of hydrogen-bond donors (Lipinski definition) is 0. The average molecular weight is 292 g/mol. The van der Waals surface area contributed by atoms with Crippen LogP contribution in [0.1, 0.15) is 22.6 Å². The summed E-state index contributed by atoms with van der Waals surface area (Å²) in [5.74, 6) is -0.328. The Morgan fingerprint density at radius 2 is 2.16 bits per heavy atom. The van der Waals surface area contributed by atoms with E-state index in [1.165, 1.54) is 11.1 Å². The molecule has 0 saturated carbocycles. The highest BCUT2D eigenvalue weighted by molar-refractivity contribution is 8.22. The standard InChI is InChI=1S/C15H16O2S2/c1-10(2)14(16)17-8-12-9-18-15(19-12)13-7-5-4-6-11(13)3/h4-7,9,15H,1,8H2,2-3H3. The first kappa shape index (κ1) is 14.3. The summed E-state index contributed by atoms with van der Waals surface area (Å²) in [5.41, 5.74) is 3.06. The second kappa shape index (κ2) is 6.35. The van der Waals surface area contributed by atoms with Crippen LogP contribution >= 0.6 is 23.5 Å². The van der Waals surface area contributed by atoms with Crippen molar-refractivity contribution in [2.24, 2.45) is 0 Å². The van der Waals surface area contributed by atoms with E-state index in [2.05, 4.69) is 37.1 Å². The lowest BCUT2D eigenvalue weighted by molar-refractivity contribution is -0.137. The highest BCUT2D eigenvalue weighted by Crippen LogP contribution is 2.51. The summed E-state index contributed by atoms with van der Waals surface area (Å²) in [6, 6.07) is 8.38. The molecule has 0 spiro atoms. The molecule has 100 valence electrons. The Kier molecular flexibility index (Phi) is 4.77. The van der Waals surface area contributed by atoms with Gasteiger partial charge >= 0.3 is 5.97 Å². The molecular formula is C15H16O2S2. The van der Waals surface area contributed by atoms with E-state index >= 15 is 0 Å². The van der Waals surface area contributed by atoms with E-state index in [-0.39, 0.29) is 5.97 Å². The zero-order chi connectivity index (χ0) is 13.8. The lowest BCUT2D eigenvalue weighted by atomic mass is 10.1. The summed E-state index contributed by atoms with van der Waals surface area (Å²) in [6.07, 6.45) is 0. The molecule has 19 heavy (non-hydrogen) atoms. The minimum Gasteiger partial charge on any atom is -0.457 e. The molecule has 0 N–H and O–H groups in total. The molecule has 0 radical (unpaired) electrons. The van der Waals surface area contributed by atoms with Crippen molar-refractivity contribution in [3.63, 3.8) is 0 Å². The van der Waals surface area contributed by atoms with E-state index in [1.54, 1.807) is 30.4 Å². The first-order chi connectivity index (χ1) is 9.08. The van der Waals surface area contributed by atoms with Gasteiger partial charge < -0.3 is 4.74 Å². The summed E-state index contributed by atoms with van der Waals surface area (Å²) < 4.78 is 5.52. The Hall–Kier alpha value is -1.13. The molecule has 0 saturated heterocycles. The van der Waals surface area contributed by atoms with Crippen LogP contribution in [0.25, 0.3) is 0 Å². The second-order valence-electron chi connectivity index (χ2n) is 4.38. The molecule has 0 fully saturated rings. The van der Waals surface area contributed by atoms with Crippen molar-refractivity contribution in [2.45, 2.75) is 18.4 Å². The molecule has 0 amide bonds. The van der Waals surface area contributed by atoms with Gasteiger partial charge in [-0.3, -0.25) is 0 Å². The third-order valence-electron chi connectivity index (χ3n) is 2.72. The fraction of sp³-hybridized carbons (Fsp3) is 0.267. The molecular weight excluding hydrogens is 276 g/mol. The molecule has 1 unspecified atom stereocenters. The van der Waals surface area contributed by atoms with Gasteiger partial charge in [-0.05, 0) is 30.4 Å². The molecule has 1 aromatic carbocycles. The molecule has 0 bridgehead atoms. The van der Waals surface area contributed by atoms with Crippen molar-refractivity contribution < 1.29 is 9.53 Å². The first-order valence-electron chi connectivity index (χ1n) is 5.97. The van der Waals surface area contributed by atoms with Gasteiger partial charge in [0, 0.05) is 10.5 Å². The maximum Gasteiger partial charge on any atom is 0.333 e.